The van der Waals surface area contributed by atoms with Crippen molar-refractivity contribution in [2.24, 2.45) is 5.92 Å². The van der Waals surface area contributed by atoms with Crippen molar-refractivity contribution < 1.29 is 10.0 Å². The van der Waals surface area contributed by atoms with Crippen LogP contribution in [-0.2, 0) is 0 Å². The number of hydrogen-bond acceptors (Lipinski definition) is 5. The van der Waals surface area contributed by atoms with Crippen molar-refractivity contribution >= 4 is 22.0 Å². The fourth-order valence-corrected chi connectivity index (χ4v) is 3.90. The molecule has 0 bridgehead atoms. The maximum absolute atomic E-state index is 11.2. The van der Waals surface area contributed by atoms with E-state index in [-0.39, 0.29) is 10.6 Å². The predicted octanol–water partition coefficient (Wildman–Crippen LogP) is 3.73. The van der Waals surface area contributed by atoms with Crippen molar-refractivity contribution in [2.45, 2.75) is 45.6 Å². The van der Waals surface area contributed by atoms with E-state index in [4.69, 9.17) is 0 Å². The fourth-order valence-electron chi connectivity index (χ4n) is 2.79. The average Bonchev–Trinajstić information content (AvgIpc) is 2.85. The molecule has 1 aliphatic heterocycles. The fraction of sp³-hybridized carbons (Fsp3) is 0.714. The summed E-state index contributed by atoms with van der Waals surface area (Å²) in [5, 5.41) is 21.5. The van der Waals surface area contributed by atoms with E-state index in [2.05, 4.69) is 11.8 Å². The molecule has 0 unspecified atom stereocenters. The molecular formula is C14H22N2O3S. The number of nitrogens with zero attached hydrogens (tertiary/aromatic N) is 2. The summed E-state index contributed by atoms with van der Waals surface area (Å²) < 4.78 is 0. The molecule has 1 aliphatic rings. The van der Waals surface area contributed by atoms with Crippen LogP contribution in [0.5, 0.6) is 0 Å². The minimum atomic E-state index is -0.648. The topological polar surface area (TPSA) is 66.6 Å². The molecule has 20 heavy (non-hydrogen) atoms. The molecule has 1 atom stereocenters. The molecule has 1 saturated heterocycles. The van der Waals surface area contributed by atoms with Crippen molar-refractivity contribution in [3.63, 3.8) is 0 Å². The van der Waals surface area contributed by atoms with Gasteiger partial charge in [-0.05, 0) is 25.7 Å². The Bertz CT molecular complexity index is 465. The standard InChI is InChI=1S/C14H22N2O3S/c1-3-4-11-5-7-15(8-6-11)14-12(16(18)19)9-13(20-14)10(2)17/h9-11,17H,3-8H2,1-2H3/t10-/m0/s1. The number of aliphatic hydroxyl groups excluding tert-OH is 1. The zero-order valence-corrected chi connectivity index (χ0v) is 12.9. The lowest BCUT2D eigenvalue weighted by Crippen LogP contribution is -2.33. The Balaban J connectivity index is 2.14. The maximum atomic E-state index is 11.2. The second kappa shape index (κ2) is 6.54. The van der Waals surface area contributed by atoms with Crippen LogP contribution in [-0.4, -0.2) is 23.1 Å². The zero-order chi connectivity index (χ0) is 14.7. The van der Waals surface area contributed by atoms with Crippen LogP contribution < -0.4 is 4.90 Å². The molecule has 0 radical (unpaired) electrons. The van der Waals surface area contributed by atoms with Crippen molar-refractivity contribution in [1.82, 2.24) is 0 Å². The van der Waals surface area contributed by atoms with Gasteiger partial charge in [0, 0.05) is 24.0 Å². The van der Waals surface area contributed by atoms with E-state index in [1.54, 1.807) is 6.92 Å². The molecule has 1 fully saturated rings. The van der Waals surface area contributed by atoms with Crippen LogP contribution in [0.25, 0.3) is 0 Å². The van der Waals surface area contributed by atoms with Crippen LogP contribution in [0.2, 0.25) is 0 Å². The monoisotopic (exact) mass is 298 g/mol. The normalized spacial score (nSPS) is 18.2. The van der Waals surface area contributed by atoms with Crippen LogP contribution in [0.4, 0.5) is 10.7 Å². The lowest BCUT2D eigenvalue weighted by molar-refractivity contribution is -0.383. The van der Waals surface area contributed by atoms with Gasteiger partial charge in [0.2, 0.25) is 0 Å². The quantitative estimate of drug-likeness (QED) is 0.664. The van der Waals surface area contributed by atoms with Gasteiger partial charge in [-0.15, -0.1) is 11.3 Å². The van der Waals surface area contributed by atoms with E-state index >= 15 is 0 Å². The Kier molecular flexibility index (Phi) is 4.99. The highest BCUT2D eigenvalue weighted by Gasteiger charge is 2.28. The summed E-state index contributed by atoms with van der Waals surface area (Å²) in [7, 11) is 0. The minimum absolute atomic E-state index is 0.139. The molecule has 0 aromatic carbocycles. The molecule has 0 spiro atoms. The Morgan fingerprint density at radius 3 is 2.70 bits per heavy atom. The highest BCUT2D eigenvalue weighted by Crippen LogP contribution is 2.41. The van der Waals surface area contributed by atoms with Gasteiger partial charge in [0.05, 0.1) is 11.0 Å². The highest BCUT2D eigenvalue weighted by atomic mass is 32.1. The Hall–Kier alpha value is -1.14. The smallest absolute Gasteiger partial charge is 0.304 e. The molecule has 1 aromatic rings. The SMILES string of the molecule is CCCC1CCN(c2sc([C@H](C)O)cc2[N+](=O)[O-])CC1. The van der Waals surface area contributed by atoms with Gasteiger partial charge in [0.15, 0.2) is 5.00 Å². The molecule has 0 aliphatic carbocycles. The number of nitro groups is 1. The summed E-state index contributed by atoms with van der Waals surface area (Å²) in [6, 6.07) is 1.52. The average molecular weight is 298 g/mol. The van der Waals surface area contributed by atoms with E-state index in [1.807, 2.05) is 0 Å². The van der Waals surface area contributed by atoms with Gasteiger partial charge in [-0.2, -0.15) is 0 Å². The van der Waals surface area contributed by atoms with E-state index in [9.17, 15) is 15.2 Å². The van der Waals surface area contributed by atoms with Gasteiger partial charge in [0.1, 0.15) is 0 Å². The first-order valence-corrected chi connectivity index (χ1v) is 8.05. The van der Waals surface area contributed by atoms with Gasteiger partial charge in [-0.3, -0.25) is 10.1 Å². The van der Waals surface area contributed by atoms with Crippen LogP contribution in [0, 0.1) is 16.0 Å². The van der Waals surface area contributed by atoms with Crippen LogP contribution in [0.15, 0.2) is 6.07 Å². The first kappa shape index (κ1) is 15.3. The van der Waals surface area contributed by atoms with E-state index in [1.165, 1.54) is 30.2 Å². The molecule has 5 nitrogen and oxygen atoms in total. The van der Waals surface area contributed by atoms with Gasteiger partial charge in [0.25, 0.3) is 0 Å². The minimum Gasteiger partial charge on any atom is -0.388 e. The van der Waals surface area contributed by atoms with E-state index < -0.39 is 6.10 Å². The molecule has 0 amide bonds. The molecular weight excluding hydrogens is 276 g/mol. The van der Waals surface area contributed by atoms with Crippen LogP contribution in [0.3, 0.4) is 0 Å². The zero-order valence-electron chi connectivity index (χ0n) is 12.0. The van der Waals surface area contributed by atoms with Gasteiger partial charge in [-0.1, -0.05) is 19.8 Å². The first-order chi connectivity index (χ1) is 9.52. The number of anilines is 1. The van der Waals surface area contributed by atoms with Crippen molar-refractivity contribution in [3.8, 4) is 0 Å². The second-order valence-corrected chi connectivity index (χ2v) is 6.55. The second-order valence-electron chi connectivity index (χ2n) is 5.49. The van der Waals surface area contributed by atoms with Gasteiger partial charge < -0.3 is 10.0 Å². The van der Waals surface area contributed by atoms with Crippen LogP contribution in [0.1, 0.15) is 50.5 Å². The molecule has 112 valence electrons. The van der Waals surface area contributed by atoms with E-state index in [0.717, 1.165) is 31.8 Å². The lowest BCUT2D eigenvalue weighted by Gasteiger charge is -2.32. The number of piperidine rings is 1. The van der Waals surface area contributed by atoms with E-state index in [0.29, 0.717) is 9.88 Å². The van der Waals surface area contributed by atoms with Gasteiger partial charge >= 0.3 is 5.69 Å². The third-order valence-electron chi connectivity index (χ3n) is 3.92. The third-order valence-corrected chi connectivity index (χ3v) is 5.28. The Labute approximate surface area is 123 Å². The summed E-state index contributed by atoms with van der Waals surface area (Å²) in [4.78, 5) is 13.6. The van der Waals surface area contributed by atoms with Crippen molar-refractivity contribution in [1.29, 1.82) is 0 Å². The maximum Gasteiger partial charge on any atom is 0.304 e. The molecule has 1 N–H and O–H groups in total. The summed E-state index contributed by atoms with van der Waals surface area (Å²) in [5.41, 5.74) is 0.139. The summed E-state index contributed by atoms with van der Waals surface area (Å²) >= 11 is 1.35. The Morgan fingerprint density at radius 2 is 2.20 bits per heavy atom. The number of rotatable bonds is 5. The summed E-state index contributed by atoms with van der Waals surface area (Å²) in [6.07, 6.45) is 4.01. The largest absolute Gasteiger partial charge is 0.388 e. The molecule has 2 heterocycles. The number of hydrogen-bond donors (Lipinski definition) is 1. The van der Waals surface area contributed by atoms with Gasteiger partial charge in [-0.25, -0.2) is 0 Å². The lowest BCUT2D eigenvalue weighted by atomic mass is 9.93. The predicted molar refractivity (Wildman–Crippen MR) is 81.5 cm³/mol. The van der Waals surface area contributed by atoms with Crippen molar-refractivity contribution in [2.75, 3.05) is 18.0 Å². The highest BCUT2D eigenvalue weighted by molar-refractivity contribution is 7.16. The molecule has 2 rings (SSSR count). The summed E-state index contributed by atoms with van der Waals surface area (Å²) in [6.45, 7) is 5.61. The first-order valence-electron chi connectivity index (χ1n) is 7.24. The Morgan fingerprint density at radius 1 is 1.55 bits per heavy atom. The molecule has 1 aromatic heterocycles. The van der Waals surface area contributed by atoms with Crippen molar-refractivity contribution in [3.05, 3.63) is 21.1 Å². The van der Waals surface area contributed by atoms with Crippen LogP contribution >= 0.6 is 11.3 Å². The molecule has 6 heteroatoms. The number of aliphatic hydroxyl groups is 1. The third kappa shape index (κ3) is 3.30. The number of thiophene rings is 1. The summed E-state index contributed by atoms with van der Waals surface area (Å²) in [5.74, 6) is 0.756. The molecule has 0 saturated carbocycles.